The number of nitrogens with two attached hydrogens (primary N) is 1. The molecule has 0 aromatic rings. The van der Waals surface area contributed by atoms with Crippen LogP contribution in [0.5, 0.6) is 0 Å². The van der Waals surface area contributed by atoms with Crippen LogP contribution >= 0.6 is 21.6 Å². The van der Waals surface area contributed by atoms with Crippen molar-refractivity contribution < 1.29 is 9.90 Å². The van der Waals surface area contributed by atoms with Crippen LogP contribution < -0.4 is 5.73 Å². The Hall–Kier alpha value is 0.130. The van der Waals surface area contributed by atoms with Gasteiger partial charge in [0.15, 0.2) is 0 Å². The standard InChI is InChI=1S/C6H13NO2S2/c1-6(2,11-10-3)4(7)5(8)9/h4H,7H2,1-3H3,(H,8,9). The fraction of sp³-hybridized carbons (Fsp3) is 0.833. The lowest BCUT2D eigenvalue weighted by molar-refractivity contribution is -0.139. The third kappa shape index (κ3) is 3.35. The molecule has 3 nitrogen and oxygen atoms in total. The lowest BCUT2D eigenvalue weighted by atomic mass is 10.1. The first-order valence-electron chi connectivity index (χ1n) is 3.12. The number of carboxylic acids is 1. The molecule has 0 aliphatic rings. The summed E-state index contributed by atoms with van der Waals surface area (Å²) < 4.78 is -0.411. The second-order valence-electron chi connectivity index (χ2n) is 2.67. The van der Waals surface area contributed by atoms with Crippen molar-refractivity contribution in [1.82, 2.24) is 0 Å². The van der Waals surface area contributed by atoms with E-state index in [0.717, 1.165) is 0 Å². The van der Waals surface area contributed by atoms with Gasteiger partial charge in [0.25, 0.3) is 0 Å². The van der Waals surface area contributed by atoms with Gasteiger partial charge in [-0.25, -0.2) is 0 Å². The zero-order valence-corrected chi connectivity index (χ0v) is 8.46. The second-order valence-corrected chi connectivity index (χ2v) is 5.72. The van der Waals surface area contributed by atoms with E-state index >= 15 is 0 Å². The van der Waals surface area contributed by atoms with Gasteiger partial charge in [-0.05, 0) is 20.1 Å². The second kappa shape index (κ2) is 4.23. The molecule has 0 fully saturated rings. The number of hydrogen-bond donors (Lipinski definition) is 2. The SMILES string of the molecule is CSSC(C)(C)C(N)C(=O)O. The van der Waals surface area contributed by atoms with Gasteiger partial charge in [-0.1, -0.05) is 21.6 Å². The Kier molecular flexibility index (Phi) is 4.28. The van der Waals surface area contributed by atoms with Crippen molar-refractivity contribution in [2.24, 2.45) is 5.73 Å². The predicted octanol–water partition coefficient (Wildman–Crippen LogP) is 1.19. The van der Waals surface area contributed by atoms with Crippen LogP contribution in [0.1, 0.15) is 13.8 Å². The highest BCUT2D eigenvalue weighted by Gasteiger charge is 2.32. The van der Waals surface area contributed by atoms with Crippen LogP contribution in [0.15, 0.2) is 0 Å². The monoisotopic (exact) mass is 195 g/mol. The van der Waals surface area contributed by atoms with Crippen LogP contribution in [0.25, 0.3) is 0 Å². The zero-order chi connectivity index (χ0) is 9.07. The average molecular weight is 195 g/mol. The minimum absolute atomic E-state index is 0.411. The van der Waals surface area contributed by atoms with Gasteiger partial charge in [0, 0.05) is 4.75 Å². The van der Waals surface area contributed by atoms with E-state index in [2.05, 4.69) is 0 Å². The summed E-state index contributed by atoms with van der Waals surface area (Å²) in [4.78, 5) is 10.5. The highest BCUT2D eigenvalue weighted by atomic mass is 33.1. The molecule has 66 valence electrons. The Labute approximate surface area is 74.5 Å². The molecule has 5 heteroatoms. The van der Waals surface area contributed by atoms with Gasteiger partial charge in [0.05, 0.1) is 0 Å². The molecule has 0 aliphatic heterocycles. The smallest absolute Gasteiger partial charge is 0.321 e. The van der Waals surface area contributed by atoms with Crippen molar-refractivity contribution >= 4 is 27.6 Å². The fourth-order valence-electron chi connectivity index (χ4n) is 0.564. The molecular formula is C6H13NO2S2. The average Bonchev–Trinajstić information content (AvgIpc) is 1.86. The normalized spacial score (nSPS) is 14.5. The molecule has 0 aliphatic carbocycles. The summed E-state index contributed by atoms with van der Waals surface area (Å²) in [5, 5.41) is 8.60. The van der Waals surface area contributed by atoms with Gasteiger partial charge in [-0.15, -0.1) is 0 Å². The Balaban J connectivity index is 4.16. The third-order valence-corrected chi connectivity index (χ3v) is 3.95. The van der Waals surface area contributed by atoms with Crippen LogP contribution in [0.4, 0.5) is 0 Å². The number of carbonyl (C=O) groups is 1. The maximum atomic E-state index is 10.5. The Morgan fingerprint density at radius 1 is 1.64 bits per heavy atom. The van der Waals surface area contributed by atoms with Crippen LogP contribution in [-0.4, -0.2) is 28.1 Å². The van der Waals surface area contributed by atoms with Gasteiger partial charge in [-0.2, -0.15) is 0 Å². The Morgan fingerprint density at radius 3 is 2.36 bits per heavy atom. The Bertz CT molecular complexity index is 150. The summed E-state index contributed by atoms with van der Waals surface area (Å²) in [6.07, 6.45) is 1.90. The highest BCUT2D eigenvalue weighted by molar-refractivity contribution is 8.77. The molecule has 0 bridgehead atoms. The molecule has 0 amide bonds. The molecule has 11 heavy (non-hydrogen) atoms. The lowest BCUT2D eigenvalue weighted by Gasteiger charge is -2.26. The molecule has 3 N–H and O–H groups in total. The van der Waals surface area contributed by atoms with Gasteiger partial charge in [0.2, 0.25) is 0 Å². The molecule has 0 aromatic heterocycles. The van der Waals surface area contributed by atoms with Crippen molar-refractivity contribution in [3.05, 3.63) is 0 Å². The molecule has 1 atom stereocenters. The van der Waals surface area contributed by atoms with Crippen molar-refractivity contribution in [2.45, 2.75) is 24.6 Å². The minimum Gasteiger partial charge on any atom is -0.480 e. The highest BCUT2D eigenvalue weighted by Crippen LogP contribution is 2.35. The van der Waals surface area contributed by atoms with Crippen molar-refractivity contribution in [2.75, 3.05) is 6.26 Å². The molecule has 0 heterocycles. The molecule has 0 saturated carbocycles. The van der Waals surface area contributed by atoms with Gasteiger partial charge in [0.1, 0.15) is 6.04 Å². The molecule has 1 unspecified atom stereocenters. The summed E-state index contributed by atoms with van der Waals surface area (Å²) in [7, 11) is 3.01. The van der Waals surface area contributed by atoms with E-state index in [0.29, 0.717) is 0 Å². The third-order valence-electron chi connectivity index (χ3n) is 1.31. The van der Waals surface area contributed by atoms with E-state index in [1.54, 1.807) is 0 Å². The van der Waals surface area contributed by atoms with E-state index in [9.17, 15) is 4.79 Å². The molecule has 0 aromatic carbocycles. The first-order valence-corrected chi connectivity index (χ1v) is 5.68. The molecular weight excluding hydrogens is 182 g/mol. The molecule has 0 spiro atoms. The molecule has 0 radical (unpaired) electrons. The maximum absolute atomic E-state index is 10.5. The number of aliphatic carboxylic acids is 1. The van der Waals surface area contributed by atoms with Crippen LogP contribution in [0.3, 0.4) is 0 Å². The number of rotatable bonds is 4. The van der Waals surface area contributed by atoms with Crippen molar-refractivity contribution in [1.29, 1.82) is 0 Å². The largest absolute Gasteiger partial charge is 0.480 e. The van der Waals surface area contributed by atoms with Crippen LogP contribution in [-0.2, 0) is 4.79 Å². The fourth-order valence-corrected chi connectivity index (χ4v) is 2.80. The lowest BCUT2D eigenvalue weighted by Crippen LogP contribution is -2.46. The quantitative estimate of drug-likeness (QED) is 0.660. The van der Waals surface area contributed by atoms with E-state index in [1.807, 2.05) is 20.1 Å². The van der Waals surface area contributed by atoms with Gasteiger partial charge >= 0.3 is 5.97 Å². The van der Waals surface area contributed by atoms with E-state index in [4.69, 9.17) is 10.8 Å². The zero-order valence-electron chi connectivity index (χ0n) is 6.83. The summed E-state index contributed by atoms with van der Waals surface area (Å²) in [6, 6.07) is -0.806. The van der Waals surface area contributed by atoms with E-state index < -0.39 is 16.8 Å². The topological polar surface area (TPSA) is 63.3 Å². The van der Waals surface area contributed by atoms with Crippen molar-refractivity contribution in [3.63, 3.8) is 0 Å². The first-order chi connectivity index (χ1) is 4.91. The molecule has 0 rings (SSSR count). The Morgan fingerprint density at radius 2 is 2.09 bits per heavy atom. The summed E-state index contributed by atoms with van der Waals surface area (Å²) >= 11 is 0. The summed E-state index contributed by atoms with van der Waals surface area (Å²) in [5.74, 6) is -0.948. The van der Waals surface area contributed by atoms with Crippen molar-refractivity contribution in [3.8, 4) is 0 Å². The van der Waals surface area contributed by atoms with Crippen LogP contribution in [0, 0.1) is 0 Å². The summed E-state index contributed by atoms with van der Waals surface area (Å²) in [6.45, 7) is 3.65. The minimum atomic E-state index is -0.948. The van der Waals surface area contributed by atoms with Gasteiger partial charge < -0.3 is 10.8 Å². The van der Waals surface area contributed by atoms with Crippen LogP contribution in [0.2, 0.25) is 0 Å². The number of hydrogen-bond acceptors (Lipinski definition) is 4. The number of carboxylic acid groups (broad SMARTS) is 1. The van der Waals surface area contributed by atoms with E-state index in [1.165, 1.54) is 21.6 Å². The van der Waals surface area contributed by atoms with E-state index in [-0.39, 0.29) is 0 Å². The first kappa shape index (κ1) is 11.1. The van der Waals surface area contributed by atoms with Gasteiger partial charge in [-0.3, -0.25) is 4.79 Å². The summed E-state index contributed by atoms with van der Waals surface area (Å²) in [5.41, 5.74) is 5.45. The molecule has 0 saturated heterocycles. The maximum Gasteiger partial charge on any atom is 0.321 e. The predicted molar refractivity (Wildman–Crippen MR) is 50.8 cm³/mol.